The molecule has 0 saturated carbocycles. The Hall–Kier alpha value is -1.78. The summed E-state index contributed by atoms with van der Waals surface area (Å²) in [6, 6.07) is 0. The van der Waals surface area contributed by atoms with Crippen LogP contribution >= 0.6 is 19.6 Å². The molecule has 0 fully saturated rings. The van der Waals surface area contributed by atoms with E-state index in [1.807, 2.05) is 13.8 Å². The maximum atomic E-state index is 12.9. The van der Waals surface area contributed by atoms with Crippen molar-refractivity contribution in [3.8, 4) is 0 Å². The minimum absolute atomic E-state index is 0.0386. The first-order valence-corrected chi connectivity index (χ1v) is 12.8. The van der Waals surface area contributed by atoms with E-state index in [4.69, 9.17) is 15.5 Å². The second-order valence-electron chi connectivity index (χ2n) is 7.34. The molecule has 1 aromatic heterocycles. The molecule has 0 atom stereocenters. The van der Waals surface area contributed by atoms with E-state index < -0.39 is 7.82 Å². The fraction of sp³-hybridized carbons (Fsp3) is 0.600. The lowest BCUT2D eigenvalue weighted by molar-refractivity contribution is -0.117. The molecule has 0 aliphatic carbocycles. The average molecular weight is 489 g/mol. The van der Waals surface area contributed by atoms with E-state index in [0.29, 0.717) is 28.4 Å². The smallest absolute Gasteiger partial charge is 0.383 e. The van der Waals surface area contributed by atoms with Crippen LogP contribution in [0.25, 0.3) is 0 Å². The van der Waals surface area contributed by atoms with Gasteiger partial charge in [0.2, 0.25) is 6.41 Å². The molecule has 0 aliphatic heterocycles. The van der Waals surface area contributed by atoms with Crippen LogP contribution in [0, 0.1) is 12.8 Å². The number of rotatable bonds is 14. The van der Waals surface area contributed by atoms with Crippen LogP contribution in [-0.4, -0.2) is 42.8 Å². The molecule has 1 amide bonds. The number of hydrogen-bond donors (Lipinski definition) is 3. The van der Waals surface area contributed by atoms with E-state index in [9.17, 15) is 14.2 Å². The van der Waals surface area contributed by atoms with E-state index >= 15 is 0 Å². The summed E-state index contributed by atoms with van der Waals surface area (Å²) < 4.78 is 15.6. The van der Waals surface area contributed by atoms with Gasteiger partial charge in [0.25, 0.3) is 0 Å². The number of hydrogen-bond acceptors (Lipinski definition) is 8. The number of anilines is 1. The van der Waals surface area contributed by atoms with Gasteiger partial charge >= 0.3 is 7.82 Å². The number of carbonyl (C=O) groups is 2. The first kappa shape index (κ1) is 28.3. The second-order valence-corrected chi connectivity index (χ2v) is 9.68. The van der Waals surface area contributed by atoms with Crippen LogP contribution in [-0.2, 0) is 25.2 Å². The SMILES string of the molecule is CCCC(CCC)C(=O)S/C(CCOP(=O)(O)O)=C(/C)N(C=O)Cc1cnc(C)nc1N. The first-order valence-electron chi connectivity index (χ1n) is 10.4. The lowest BCUT2D eigenvalue weighted by atomic mass is 10.0. The molecule has 0 unspecified atom stereocenters. The van der Waals surface area contributed by atoms with Crippen LogP contribution in [0.4, 0.5) is 5.82 Å². The zero-order valence-electron chi connectivity index (χ0n) is 19.0. The Balaban J connectivity index is 3.19. The Labute approximate surface area is 193 Å². The van der Waals surface area contributed by atoms with Crippen LogP contribution in [0.1, 0.15) is 64.3 Å². The molecule has 4 N–H and O–H groups in total. The normalized spacial score (nSPS) is 12.6. The summed E-state index contributed by atoms with van der Waals surface area (Å²) in [6.07, 6.45) is 5.43. The van der Waals surface area contributed by atoms with Crippen LogP contribution in [0.3, 0.4) is 0 Å². The minimum Gasteiger partial charge on any atom is -0.383 e. The summed E-state index contributed by atoms with van der Waals surface area (Å²) in [5, 5.41) is -0.0386. The third kappa shape index (κ3) is 9.79. The fourth-order valence-corrected chi connectivity index (χ4v) is 4.48. The summed E-state index contributed by atoms with van der Waals surface area (Å²) >= 11 is 0.997. The van der Waals surface area contributed by atoms with Crippen molar-refractivity contribution in [1.82, 2.24) is 14.9 Å². The van der Waals surface area contributed by atoms with Gasteiger partial charge in [-0.3, -0.25) is 14.1 Å². The quantitative estimate of drug-likeness (QED) is 0.261. The van der Waals surface area contributed by atoms with E-state index in [2.05, 4.69) is 14.5 Å². The number of amides is 1. The molecule has 0 spiro atoms. The van der Waals surface area contributed by atoms with E-state index in [-0.39, 0.29) is 36.4 Å². The van der Waals surface area contributed by atoms with Crippen molar-refractivity contribution >= 4 is 36.9 Å². The number of carbonyl (C=O) groups excluding carboxylic acids is 2. The van der Waals surface area contributed by atoms with Crippen molar-refractivity contribution < 1.29 is 28.5 Å². The number of nitrogens with zero attached hydrogens (tertiary/aromatic N) is 3. The molecule has 1 rings (SSSR count). The highest BCUT2D eigenvalue weighted by Gasteiger charge is 2.23. The molecule has 10 nitrogen and oxygen atoms in total. The third-order valence-corrected chi connectivity index (χ3v) is 6.54. The summed E-state index contributed by atoms with van der Waals surface area (Å²) in [4.78, 5) is 52.8. The molecular formula is C20H33N4O6PS. The van der Waals surface area contributed by atoms with Crippen LogP contribution in [0.15, 0.2) is 16.8 Å². The van der Waals surface area contributed by atoms with Crippen molar-refractivity contribution in [2.45, 2.75) is 66.3 Å². The maximum absolute atomic E-state index is 12.9. The molecule has 0 saturated heterocycles. The summed E-state index contributed by atoms with van der Waals surface area (Å²) in [7, 11) is -4.66. The lowest BCUT2D eigenvalue weighted by Crippen LogP contribution is -2.22. The number of nitrogen functional groups attached to an aromatic ring is 1. The lowest BCUT2D eigenvalue weighted by Gasteiger charge is -2.23. The van der Waals surface area contributed by atoms with Crippen LogP contribution < -0.4 is 5.73 Å². The molecule has 0 bridgehead atoms. The predicted octanol–water partition coefficient (Wildman–Crippen LogP) is 3.53. The molecule has 180 valence electrons. The fourth-order valence-electron chi connectivity index (χ4n) is 3.06. The van der Waals surface area contributed by atoms with Gasteiger partial charge < -0.3 is 20.4 Å². The Morgan fingerprint density at radius 3 is 2.47 bits per heavy atom. The summed E-state index contributed by atoms with van der Waals surface area (Å²) in [5.74, 6) is 0.620. The van der Waals surface area contributed by atoms with Gasteiger partial charge in [0.1, 0.15) is 11.6 Å². The standard InChI is InChI=1S/C20H33N4O6PS/c1-5-7-16(8-6-2)20(26)32-18(9-10-30-31(27,28)29)14(3)24(13-25)12-17-11-22-15(4)23-19(17)21/h11,13,16H,5-10,12H2,1-4H3,(H2,21,22,23)(H2,27,28,29)/b18-14-. The van der Waals surface area contributed by atoms with Gasteiger partial charge in [-0.15, -0.1) is 0 Å². The van der Waals surface area contributed by atoms with Crippen LogP contribution in [0.2, 0.25) is 0 Å². The van der Waals surface area contributed by atoms with E-state index in [1.54, 1.807) is 13.8 Å². The Morgan fingerprint density at radius 1 is 1.34 bits per heavy atom. The summed E-state index contributed by atoms with van der Waals surface area (Å²) in [6.45, 7) is 7.18. The average Bonchev–Trinajstić information content (AvgIpc) is 2.71. The number of phosphoric ester groups is 1. The molecule has 0 aliphatic rings. The third-order valence-electron chi connectivity index (χ3n) is 4.74. The monoisotopic (exact) mass is 488 g/mol. The number of aromatic nitrogens is 2. The van der Waals surface area contributed by atoms with E-state index in [1.165, 1.54) is 11.1 Å². The molecule has 12 heteroatoms. The maximum Gasteiger partial charge on any atom is 0.469 e. The Kier molecular flexibility index (Phi) is 12.1. The number of nitrogens with two attached hydrogens (primary N) is 1. The molecule has 0 radical (unpaired) electrons. The molecule has 1 heterocycles. The Morgan fingerprint density at radius 2 is 1.97 bits per heavy atom. The second kappa shape index (κ2) is 13.7. The largest absolute Gasteiger partial charge is 0.469 e. The van der Waals surface area contributed by atoms with Crippen molar-refractivity contribution in [1.29, 1.82) is 0 Å². The first-order chi connectivity index (χ1) is 15.0. The Bertz CT molecular complexity index is 854. The van der Waals surface area contributed by atoms with Crippen molar-refractivity contribution in [3.05, 3.63) is 28.2 Å². The van der Waals surface area contributed by atoms with Gasteiger partial charge in [-0.05, 0) is 26.7 Å². The molecular weight excluding hydrogens is 455 g/mol. The molecule has 1 aromatic rings. The zero-order valence-corrected chi connectivity index (χ0v) is 20.7. The summed E-state index contributed by atoms with van der Waals surface area (Å²) in [5.41, 5.74) is 6.95. The number of phosphoric acid groups is 1. The number of aryl methyl sites for hydroxylation is 1. The van der Waals surface area contributed by atoms with E-state index in [0.717, 1.165) is 37.4 Å². The van der Waals surface area contributed by atoms with Crippen LogP contribution in [0.5, 0.6) is 0 Å². The van der Waals surface area contributed by atoms with Gasteiger partial charge in [0, 0.05) is 34.7 Å². The number of thioether (sulfide) groups is 1. The highest BCUT2D eigenvalue weighted by Crippen LogP contribution is 2.38. The van der Waals surface area contributed by atoms with Gasteiger partial charge in [-0.25, -0.2) is 14.5 Å². The van der Waals surface area contributed by atoms with Crippen molar-refractivity contribution in [2.24, 2.45) is 5.92 Å². The van der Waals surface area contributed by atoms with Gasteiger partial charge in [-0.2, -0.15) is 0 Å². The molecule has 32 heavy (non-hydrogen) atoms. The number of allylic oxidation sites excluding steroid dienone is 1. The van der Waals surface area contributed by atoms with Crippen molar-refractivity contribution in [3.63, 3.8) is 0 Å². The van der Waals surface area contributed by atoms with Gasteiger partial charge in [-0.1, -0.05) is 38.5 Å². The van der Waals surface area contributed by atoms with Crippen molar-refractivity contribution in [2.75, 3.05) is 12.3 Å². The zero-order chi connectivity index (χ0) is 24.3. The van der Waals surface area contributed by atoms with Gasteiger partial charge in [0.15, 0.2) is 5.12 Å². The minimum atomic E-state index is -4.66. The van der Waals surface area contributed by atoms with Gasteiger partial charge in [0.05, 0.1) is 13.2 Å². The molecule has 0 aromatic carbocycles. The highest BCUT2D eigenvalue weighted by atomic mass is 32.2. The topological polar surface area (TPSA) is 156 Å². The highest BCUT2D eigenvalue weighted by molar-refractivity contribution is 8.17. The predicted molar refractivity (Wildman–Crippen MR) is 124 cm³/mol.